The van der Waals surface area contributed by atoms with Crippen LogP contribution in [-0.4, -0.2) is 27.1 Å². The standard InChI is InChI=1S/C10H13N3O2/c1-6-8(4-12-5-13-6)10(9(14)15)2-7(11)3-10/h4-5,7H,2-3,11H2,1H3,(H,14,15). The fraction of sp³-hybridized carbons (Fsp3) is 0.500. The zero-order valence-electron chi connectivity index (χ0n) is 8.47. The summed E-state index contributed by atoms with van der Waals surface area (Å²) in [6.07, 6.45) is 3.95. The summed E-state index contributed by atoms with van der Waals surface area (Å²) in [5.74, 6) is -0.831. The average molecular weight is 207 g/mol. The van der Waals surface area contributed by atoms with Crippen molar-refractivity contribution in [2.45, 2.75) is 31.2 Å². The fourth-order valence-corrected chi connectivity index (χ4v) is 2.21. The number of aromatic nitrogens is 2. The van der Waals surface area contributed by atoms with E-state index >= 15 is 0 Å². The Labute approximate surface area is 87.4 Å². The number of aryl methyl sites for hydroxylation is 1. The number of hydrogen-bond donors (Lipinski definition) is 2. The van der Waals surface area contributed by atoms with Gasteiger partial charge in [-0.3, -0.25) is 4.79 Å². The number of aliphatic carboxylic acids is 1. The Morgan fingerprint density at radius 1 is 1.67 bits per heavy atom. The van der Waals surface area contributed by atoms with Gasteiger partial charge in [-0.15, -0.1) is 0 Å². The van der Waals surface area contributed by atoms with Gasteiger partial charge in [0.25, 0.3) is 0 Å². The van der Waals surface area contributed by atoms with Crippen LogP contribution < -0.4 is 5.73 Å². The van der Waals surface area contributed by atoms with Crippen molar-refractivity contribution in [3.8, 4) is 0 Å². The van der Waals surface area contributed by atoms with Crippen LogP contribution in [0.3, 0.4) is 0 Å². The first kappa shape index (κ1) is 10.0. The summed E-state index contributed by atoms with van der Waals surface area (Å²) in [4.78, 5) is 19.2. The number of carboxylic acids is 1. The van der Waals surface area contributed by atoms with Crippen molar-refractivity contribution in [2.75, 3.05) is 0 Å². The lowest BCUT2D eigenvalue weighted by Crippen LogP contribution is -2.54. The molecular formula is C10H13N3O2. The van der Waals surface area contributed by atoms with E-state index in [9.17, 15) is 9.90 Å². The molecular weight excluding hydrogens is 194 g/mol. The number of carbonyl (C=O) groups is 1. The number of rotatable bonds is 2. The van der Waals surface area contributed by atoms with Crippen LogP contribution in [0.2, 0.25) is 0 Å². The normalized spacial score (nSPS) is 29.6. The van der Waals surface area contributed by atoms with Gasteiger partial charge >= 0.3 is 5.97 Å². The molecule has 0 spiro atoms. The molecule has 3 N–H and O–H groups in total. The monoisotopic (exact) mass is 207 g/mol. The minimum atomic E-state index is -0.856. The van der Waals surface area contributed by atoms with E-state index in [0.29, 0.717) is 18.4 Å². The fourth-order valence-electron chi connectivity index (χ4n) is 2.21. The van der Waals surface area contributed by atoms with E-state index in [2.05, 4.69) is 9.97 Å². The predicted molar refractivity (Wildman–Crippen MR) is 53.3 cm³/mol. The average Bonchev–Trinajstić information content (AvgIpc) is 2.13. The highest BCUT2D eigenvalue weighted by molar-refractivity contribution is 5.83. The molecule has 0 aliphatic heterocycles. The first-order valence-corrected chi connectivity index (χ1v) is 4.82. The van der Waals surface area contributed by atoms with Crippen LogP contribution in [0.5, 0.6) is 0 Å². The van der Waals surface area contributed by atoms with Gasteiger partial charge in [-0.1, -0.05) is 0 Å². The third-order valence-electron chi connectivity index (χ3n) is 3.06. The molecule has 0 bridgehead atoms. The van der Waals surface area contributed by atoms with Crippen LogP contribution in [0.1, 0.15) is 24.1 Å². The summed E-state index contributed by atoms with van der Waals surface area (Å²) >= 11 is 0. The highest BCUT2D eigenvalue weighted by Gasteiger charge is 2.51. The van der Waals surface area contributed by atoms with Gasteiger partial charge in [0.2, 0.25) is 0 Å². The van der Waals surface area contributed by atoms with Gasteiger partial charge in [0.1, 0.15) is 6.33 Å². The molecule has 0 radical (unpaired) electrons. The molecule has 1 saturated carbocycles. The molecule has 1 heterocycles. The summed E-state index contributed by atoms with van der Waals surface area (Å²) in [6, 6.07) is -0.0271. The Kier molecular flexibility index (Phi) is 2.19. The maximum atomic E-state index is 11.3. The second-order valence-electron chi connectivity index (χ2n) is 4.08. The molecule has 1 aromatic rings. The van der Waals surface area contributed by atoms with Crippen LogP contribution in [0.15, 0.2) is 12.5 Å². The lowest BCUT2D eigenvalue weighted by molar-refractivity contribution is -0.148. The first-order valence-electron chi connectivity index (χ1n) is 4.82. The van der Waals surface area contributed by atoms with E-state index < -0.39 is 11.4 Å². The summed E-state index contributed by atoms with van der Waals surface area (Å²) < 4.78 is 0. The Morgan fingerprint density at radius 2 is 2.33 bits per heavy atom. The second-order valence-corrected chi connectivity index (χ2v) is 4.08. The molecule has 1 aliphatic rings. The van der Waals surface area contributed by atoms with E-state index in [0.717, 1.165) is 5.69 Å². The molecule has 0 amide bonds. The van der Waals surface area contributed by atoms with Crippen molar-refractivity contribution < 1.29 is 9.90 Å². The second kappa shape index (κ2) is 3.27. The molecule has 1 aromatic heterocycles. The van der Waals surface area contributed by atoms with Crippen LogP contribution in [0.4, 0.5) is 0 Å². The van der Waals surface area contributed by atoms with E-state index in [1.165, 1.54) is 6.33 Å². The summed E-state index contributed by atoms with van der Waals surface area (Å²) in [6.45, 7) is 1.80. The third-order valence-corrected chi connectivity index (χ3v) is 3.06. The van der Waals surface area contributed by atoms with Crippen molar-refractivity contribution >= 4 is 5.97 Å². The maximum Gasteiger partial charge on any atom is 0.314 e. The number of nitrogens with zero attached hydrogens (tertiary/aromatic N) is 2. The molecule has 5 nitrogen and oxygen atoms in total. The minimum absolute atomic E-state index is 0.0271. The predicted octanol–water partition coefficient (Wildman–Crippen LogP) is 0.229. The Balaban J connectivity index is 2.43. The van der Waals surface area contributed by atoms with Crippen molar-refractivity contribution in [3.63, 3.8) is 0 Å². The molecule has 0 aromatic carbocycles. The van der Waals surface area contributed by atoms with E-state index in [4.69, 9.17) is 5.73 Å². The van der Waals surface area contributed by atoms with E-state index in [-0.39, 0.29) is 6.04 Å². The Morgan fingerprint density at radius 3 is 2.80 bits per heavy atom. The summed E-state index contributed by atoms with van der Waals surface area (Å²) in [5.41, 5.74) is 6.23. The summed E-state index contributed by atoms with van der Waals surface area (Å²) in [5, 5.41) is 9.27. The van der Waals surface area contributed by atoms with Gasteiger partial charge < -0.3 is 10.8 Å². The smallest absolute Gasteiger partial charge is 0.314 e. The molecule has 5 heteroatoms. The Hall–Kier alpha value is -1.49. The highest BCUT2D eigenvalue weighted by atomic mass is 16.4. The van der Waals surface area contributed by atoms with Gasteiger partial charge in [-0.25, -0.2) is 9.97 Å². The number of nitrogens with two attached hydrogens (primary N) is 1. The van der Waals surface area contributed by atoms with Gasteiger partial charge in [-0.05, 0) is 19.8 Å². The molecule has 80 valence electrons. The van der Waals surface area contributed by atoms with E-state index in [1.807, 2.05) is 0 Å². The quantitative estimate of drug-likeness (QED) is 0.724. The zero-order chi connectivity index (χ0) is 11.1. The molecule has 1 aliphatic carbocycles. The molecule has 1 fully saturated rings. The molecule has 0 atom stereocenters. The van der Waals surface area contributed by atoms with Gasteiger partial charge in [0, 0.05) is 23.5 Å². The number of hydrogen-bond acceptors (Lipinski definition) is 4. The topological polar surface area (TPSA) is 89.1 Å². The summed E-state index contributed by atoms with van der Waals surface area (Å²) in [7, 11) is 0. The molecule has 0 saturated heterocycles. The van der Waals surface area contributed by atoms with Crippen LogP contribution in [-0.2, 0) is 10.2 Å². The highest BCUT2D eigenvalue weighted by Crippen LogP contribution is 2.43. The zero-order valence-corrected chi connectivity index (χ0v) is 8.47. The minimum Gasteiger partial charge on any atom is -0.481 e. The van der Waals surface area contributed by atoms with Crippen LogP contribution >= 0.6 is 0 Å². The molecule has 0 unspecified atom stereocenters. The lowest BCUT2D eigenvalue weighted by atomic mass is 9.62. The largest absolute Gasteiger partial charge is 0.481 e. The van der Waals surface area contributed by atoms with Gasteiger partial charge in [0.15, 0.2) is 0 Å². The number of carboxylic acid groups (broad SMARTS) is 1. The maximum absolute atomic E-state index is 11.3. The van der Waals surface area contributed by atoms with Crippen molar-refractivity contribution in [1.82, 2.24) is 9.97 Å². The van der Waals surface area contributed by atoms with E-state index in [1.54, 1.807) is 13.1 Å². The van der Waals surface area contributed by atoms with Crippen molar-refractivity contribution in [2.24, 2.45) is 5.73 Å². The lowest BCUT2D eigenvalue weighted by Gasteiger charge is -2.43. The van der Waals surface area contributed by atoms with Crippen molar-refractivity contribution in [1.29, 1.82) is 0 Å². The van der Waals surface area contributed by atoms with Crippen molar-refractivity contribution in [3.05, 3.63) is 23.8 Å². The van der Waals surface area contributed by atoms with Gasteiger partial charge in [0.05, 0.1) is 5.41 Å². The van der Waals surface area contributed by atoms with Crippen LogP contribution in [0, 0.1) is 6.92 Å². The third kappa shape index (κ3) is 1.39. The van der Waals surface area contributed by atoms with Crippen LogP contribution in [0.25, 0.3) is 0 Å². The molecule has 15 heavy (non-hydrogen) atoms. The SMILES string of the molecule is Cc1ncncc1C1(C(=O)O)CC(N)C1. The Bertz CT molecular complexity index is 399. The molecule has 2 rings (SSSR count). The first-order chi connectivity index (χ1) is 7.06. The van der Waals surface area contributed by atoms with Gasteiger partial charge in [-0.2, -0.15) is 0 Å².